The minimum atomic E-state index is -1.21. The zero-order valence-electron chi connectivity index (χ0n) is 14.2. The number of alkyl carbamates (subject to hydrolysis) is 1. The first-order valence-corrected chi connectivity index (χ1v) is 6.92. The van der Waals surface area contributed by atoms with Crippen LogP contribution in [-0.4, -0.2) is 52.1 Å². The fourth-order valence-corrected chi connectivity index (χ4v) is 1.28. The quantitative estimate of drug-likeness (QED) is 0.770. The third kappa shape index (κ3) is 8.33. The summed E-state index contributed by atoms with van der Waals surface area (Å²) in [4.78, 5) is 35.6. The van der Waals surface area contributed by atoms with E-state index >= 15 is 0 Å². The van der Waals surface area contributed by atoms with Gasteiger partial charge in [0, 0.05) is 0 Å². The molecule has 22 heavy (non-hydrogen) atoms. The summed E-state index contributed by atoms with van der Waals surface area (Å²) in [6.07, 6.45) is -1.59. The van der Waals surface area contributed by atoms with E-state index in [9.17, 15) is 14.4 Å². The number of amides is 2. The number of hydrogen-bond acceptors (Lipinski definition) is 5. The summed E-state index contributed by atoms with van der Waals surface area (Å²) in [5, 5.41) is 11.4. The van der Waals surface area contributed by atoms with Crippen molar-refractivity contribution in [3.05, 3.63) is 0 Å². The molecule has 8 heteroatoms. The molecule has 0 aromatic carbocycles. The summed E-state index contributed by atoms with van der Waals surface area (Å²) in [6.45, 7) is 11.1. The number of nitrogens with zero attached hydrogens (tertiary/aromatic N) is 1. The Balaban J connectivity index is 4.86. The normalized spacial score (nSPS) is 13.0. The fraction of sp³-hybridized carbons (Fsp3) is 0.786. The molecule has 0 aliphatic rings. The summed E-state index contributed by atoms with van der Waals surface area (Å²) in [5.41, 5.74) is -1.47. The van der Waals surface area contributed by atoms with Crippen molar-refractivity contribution < 1.29 is 29.0 Å². The molecule has 0 aromatic heterocycles. The molecule has 0 fully saturated rings. The Morgan fingerprint density at radius 1 is 1.05 bits per heavy atom. The van der Waals surface area contributed by atoms with Gasteiger partial charge >= 0.3 is 18.2 Å². The summed E-state index contributed by atoms with van der Waals surface area (Å²) in [7, 11) is 0. The van der Waals surface area contributed by atoms with Crippen molar-refractivity contribution in [1.82, 2.24) is 10.2 Å². The van der Waals surface area contributed by atoms with E-state index in [0.717, 1.165) is 4.90 Å². The predicted molar refractivity (Wildman–Crippen MR) is 79.4 cm³/mol. The maximum atomic E-state index is 12.1. The summed E-state index contributed by atoms with van der Waals surface area (Å²) in [5.74, 6) is -1.21. The van der Waals surface area contributed by atoms with Gasteiger partial charge in [-0.1, -0.05) is 0 Å². The highest BCUT2D eigenvalue weighted by Crippen LogP contribution is 2.12. The molecule has 0 heterocycles. The number of nitrogens with one attached hydrogen (secondary N) is 1. The van der Waals surface area contributed by atoms with Gasteiger partial charge in [0.2, 0.25) is 0 Å². The van der Waals surface area contributed by atoms with E-state index in [1.54, 1.807) is 41.5 Å². The van der Waals surface area contributed by atoms with Crippen LogP contribution in [0, 0.1) is 0 Å². The summed E-state index contributed by atoms with van der Waals surface area (Å²) >= 11 is 0. The van der Waals surface area contributed by atoms with Gasteiger partial charge in [-0.25, -0.2) is 14.4 Å². The first kappa shape index (κ1) is 20.0. The van der Waals surface area contributed by atoms with Crippen LogP contribution < -0.4 is 5.32 Å². The molecule has 2 amide bonds. The van der Waals surface area contributed by atoms with E-state index in [4.69, 9.17) is 14.6 Å². The molecular weight excluding hydrogens is 292 g/mol. The van der Waals surface area contributed by atoms with Gasteiger partial charge in [0.1, 0.15) is 23.9 Å². The molecule has 8 nitrogen and oxygen atoms in total. The third-order valence-corrected chi connectivity index (χ3v) is 2.25. The second kappa shape index (κ2) is 7.33. The van der Waals surface area contributed by atoms with Crippen LogP contribution in [0.15, 0.2) is 0 Å². The molecule has 128 valence electrons. The van der Waals surface area contributed by atoms with Gasteiger partial charge in [-0.3, -0.25) is 4.90 Å². The van der Waals surface area contributed by atoms with Crippen molar-refractivity contribution in [2.75, 3.05) is 6.67 Å². The molecule has 0 unspecified atom stereocenters. The molecule has 0 bridgehead atoms. The number of carbonyl (C=O) groups excluding carboxylic acids is 2. The first-order valence-electron chi connectivity index (χ1n) is 6.92. The Morgan fingerprint density at radius 3 is 1.86 bits per heavy atom. The Bertz CT molecular complexity index is 422. The van der Waals surface area contributed by atoms with Gasteiger partial charge in [0.25, 0.3) is 0 Å². The van der Waals surface area contributed by atoms with Crippen molar-refractivity contribution in [3.63, 3.8) is 0 Å². The largest absolute Gasteiger partial charge is 0.480 e. The molecule has 0 rings (SSSR count). The molecule has 1 atom stereocenters. The minimum absolute atomic E-state index is 0.336. The van der Waals surface area contributed by atoms with Crippen LogP contribution in [0.1, 0.15) is 48.5 Å². The van der Waals surface area contributed by atoms with Crippen LogP contribution >= 0.6 is 0 Å². The fourth-order valence-electron chi connectivity index (χ4n) is 1.28. The highest BCUT2D eigenvalue weighted by Gasteiger charge is 2.30. The lowest BCUT2D eigenvalue weighted by molar-refractivity contribution is -0.142. The topological polar surface area (TPSA) is 105 Å². The Morgan fingerprint density at radius 2 is 1.50 bits per heavy atom. The number of aliphatic carboxylic acids is 1. The Labute approximate surface area is 130 Å². The number of hydrogen-bond donors (Lipinski definition) is 2. The number of carbonyl (C=O) groups is 3. The monoisotopic (exact) mass is 318 g/mol. The van der Waals surface area contributed by atoms with E-state index in [1.165, 1.54) is 6.92 Å². The SMILES string of the molecule is C[C@@H](C(=O)O)N(CNC(=O)OC(C)(C)C)C(=O)OC(C)(C)C. The Hall–Kier alpha value is -1.99. The number of rotatable bonds is 4. The molecule has 0 spiro atoms. The van der Waals surface area contributed by atoms with Crippen molar-refractivity contribution in [2.24, 2.45) is 0 Å². The number of carboxylic acid groups (broad SMARTS) is 1. The number of carboxylic acids is 1. The van der Waals surface area contributed by atoms with Gasteiger partial charge in [0.05, 0.1) is 0 Å². The van der Waals surface area contributed by atoms with Crippen molar-refractivity contribution >= 4 is 18.2 Å². The lowest BCUT2D eigenvalue weighted by atomic mass is 10.2. The van der Waals surface area contributed by atoms with E-state index < -0.39 is 35.4 Å². The summed E-state index contributed by atoms with van der Waals surface area (Å²) in [6, 6.07) is -1.16. The van der Waals surface area contributed by atoms with Crippen molar-refractivity contribution in [1.29, 1.82) is 0 Å². The molecule has 0 aliphatic heterocycles. The minimum Gasteiger partial charge on any atom is -0.480 e. The van der Waals surface area contributed by atoms with Crippen molar-refractivity contribution in [3.8, 4) is 0 Å². The molecule has 0 saturated carbocycles. The van der Waals surface area contributed by atoms with Crippen molar-refractivity contribution in [2.45, 2.75) is 65.7 Å². The zero-order valence-corrected chi connectivity index (χ0v) is 14.2. The van der Waals surface area contributed by atoms with Gasteiger partial charge in [-0.2, -0.15) is 0 Å². The lowest BCUT2D eigenvalue weighted by Crippen LogP contribution is -2.51. The molecule has 0 aliphatic carbocycles. The standard InChI is InChI=1S/C14H26N2O6/c1-9(10(17)18)16(12(20)22-14(5,6)7)8-15-11(19)21-13(2,3)4/h9H,8H2,1-7H3,(H,15,19)(H,17,18)/t9-/m0/s1. The van der Waals surface area contributed by atoms with E-state index in [1.807, 2.05) is 0 Å². The van der Waals surface area contributed by atoms with Gasteiger partial charge in [-0.05, 0) is 48.5 Å². The van der Waals surface area contributed by atoms with Crippen LogP contribution in [0.3, 0.4) is 0 Å². The van der Waals surface area contributed by atoms with Crippen LogP contribution in [-0.2, 0) is 14.3 Å². The second-order valence-electron chi connectivity index (χ2n) is 6.80. The van der Waals surface area contributed by atoms with Crippen LogP contribution in [0.25, 0.3) is 0 Å². The summed E-state index contributed by atoms with van der Waals surface area (Å²) < 4.78 is 10.2. The molecule has 0 aromatic rings. The maximum Gasteiger partial charge on any atom is 0.412 e. The van der Waals surface area contributed by atoms with Gasteiger partial charge < -0.3 is 19.9 Å². The lowest BCUT2D eigenvalue weighted by Gasteiger charge is -2.30. The van der Waals surface area contributed by atoms with Crippen LogP contribution in [0.4, 0.5) is 9.59 Å². The molecular formula is C14H26N2O6. The molecule has 0 radical (unpaired) electrons. The smallest absolute Gasteiger partial charge is 0.412 e. The molecule has 0 saturated heterocycles. The van der Waals surface area contributed by atoms with E-state index in [2.05, 4.69) is 5.32 Å². The van der Waals surface area contributed by atoms with E-state index in [0.29, 0.717) is 0 Å². The average Bonchev–Trinajstić information content (AvgIpc) is 2.23. The average molecular weight is 318 g/mol. The first-order chi connectivity index (χ1) is 9.73. The van der Waals surface area contributed by atoms with Crippen LogP contribution in [0.2, 0.25) is 0 Å². The second-order valence-corrected chi connectivity index (χ2v) is 6.80. The zero-order chi connectivity index (χ0) is 17.7. The highest BCUT2D eigenvalue weighted by molar-refractivity contribution is 5.80. The van der Waals surface area contributed by atoms with Gasteiger partial charge in [-0.15, -0.1) is 0 Å². The maximum absolute atomic E-state index is 12.1. The van der Waals surface area contributed by atoms with E-state index in [-0.39, 0.29) is 6.67 Å². The highest BCUT2D eigenvalue weighted by atomic mass is 16.6. The number of ether oxygens (including phenoxy) is 2. The van der Waals surface area contributed by atoms with Gasteiger partial charge in [0.15, 0.2) is 0 Å². The van der Waals surface area contributed by atoms with Crippen LogP contribution in [0.5, 0.6) is 0 Å². The third-order valence-electron chi connectivity index (χ3n) is 2.25. The Kier molecular flexibility index (Phi) is 6.66. The molecule has 2 N–H and O–H groups in total. The predicted octanol–water partition coefficient (Wildman–Crippen LogP) is 2.18.